The van der Waals surface area contributed by atoms with Gasteiger partial charge in [-0.05, 0) is 23.6 Å². The molecule has 5 heteroatoms. The van der Waals surface area contributed by atoms with Crippen LogP contribution in [-0.2, 0) is 16.0 Å². The van der Waals surface area contributed by atoms with Gasteiger partial charge in [-0.25, -0.2) is 4.79 Å². The topological polar surface area (TPSA) is 47.6 Å². The van der Waals surface area contributed by atoms with Crippen LogP contribution in [0.3, 0.4) is 0 Å². The largest absolute Gasteiger partial charge is 0.465 e. The van der Waals surface area contributed by atoms with Gasteiger partial charge in [0, 0.05) is 24.2 Å². The van der Waals surface area contributed by atoms with Crippen molar-refractivity contribution in [3.63, 3.8) is 0 Å². The monoisotopic (exact) mass is 343 g/mol. The lowest BCUT2D eigenvalue weighted by atomic mass is 10.1. The van der Waals surface area contributed by atoms with E-state index in [-0.39, 0.29) is 5.97 Å². The number of halogens is 1. The quantitative estimate of drug-likeness (QED) is 0.582. The first-order valence-electron chi connectivity index (χ1n) is 6.69. The van der Waals surface area contributed by atoms with E-state index in [0.29, 0.717) is 18.1 Å². The van der Waals surface area contributed by atoms with Crippen molar-refractivity contribution in [2.45, 2.75) is 20.4 Å². The molecule has 0 bridgehead atoms. The van der Waals surface area contributed by atoms with Gasteiger partial charge in [-0.15, -0.1) is 0 Å². The molecule has 0 spiro atoms. The van der Waals surface area contributed by atoms with Crippen molar-refractivity contribution in [1.82, 2.24) is 5.32 Å². The molecule has 0 aliphatic rings. The molecule has 4 nitrogen and oxygen atoms in total. The first kappa shape index (κ1) is 17.1. The molecule has 0 saturated heterocycles. The molecule has 20 heavy (non-hydrogen) atoms. The summed E-state index contributed by atoms with van der Waals surface area (Å²) in [7, 11) is 1.38. The van der Waals surface area contributed by atoms with E-state index in [1.807, 2.05) is 6.07 Å². The summed E-state index contributed by atoms with van der Waals surface area (Å²) < 4.78 is 11.1. The Morgan fingerprint density at radius 1 is 1.40 bits per heavy atom. The minimum Gasteiger partial charge on any atom is -0.465 e. The zero-order valence-corrected chi connectivity index (χ0v) is 13.8. The molecule has 1 rings (SSSR count). The standard InChI is InChI=1S/C15H22BrNO3/c1-11(2)10-20-7-6-17-9-13-5-4-12(8-14(13)16)15(18)19-3/h4-5,8,11,17H,6-7,9-10H2,1-3H3. The third kappa shape index (κ3) is 6.03. The first-order valence-corrected chi connectivity index (χ1v) is 7.49. The van der Waals surface area contributed by atoms with Crippen molar-refractivity contribution in [2.75, 3.05) is 26.9 Å². The highest BCUT2D eigenvalue weighted by Gasteiger charge is 2.08. The number of ether oxygens (including phenoxy) is 2. The summed E-state index contributed by atoms with van der Waals surface area (Å²) in [5, 5.41) is 3.31. The van der Waals surface area contributed by atoms with Gasteiger partial charge in [0.15, 0.2) is 0 Å². The van der Waals surface area contributed by atoms with E-state index < -0.39 is 0 Å². The molecule has 0 saturated carbocycles. The van der Waals surface area contributed by atoms with Gasteiger partial charge in [0.2, 0.25) is 0 Å². The van der Waals surface area contributed by atoms with Crippen LogP contribution in [0.5, 0.6) is 0 Å². The van der Waals surface area contributed by atoms with Gasteiger partial charge in [0.25, 0.3) is 0 Å². The number of rotatable bonds is 8. The lowest BCUT2D eigenvalue weighted by molar-refractivity contribution is 0.0600. The summed E-state index contributed by atoms with van der Waals surface area (Å²) in [6, 6.07) is 5.46. The minimum atomic E-state index is -0.327. The van der Waals surface area contributed by atoms with Gasteiger partial charge in [0.05, 0.1) is 19.3 Å². The summed E-state index contributed by atoms with van der Waals surface area (Å²) in [6.07, 6.45) is 0. The molecule has 0 amide bonds. The fraction of sp³-hybridized carbons (Fsp3) is 0.533. The van der Waals surface area contributed by atoms with Crippen LogP contribution in [-0.4, -0.2) is 32.8 Å². The van der Waals surface area contributed by atoms with E-state index in [2.05, 4.69) is 39.8 Å². The van der Waals surface area contributed by atoms with E-state index >= 15 is 0 Å². The van der Waals surface area contributed by atoms with Gasteiger partial charge in [-0.3, -0.25) is 0 Å². The van der Waals surface area contributed by atoms with Crippen LogP contribution in [0, 0.1) is 5.92 Å². The number of hydrogen-bond acceptors (Lipinski definition) is 4. The van der Waals surface area contributed by atoms with Gasteiger partial charge in [-0.2, -0.15) is 0 Å². The third-order valence-corrected chi connectivity index (χ3v) is 3.40. The predicted molar refractivity (Wildman–Crippen MR) is 82.8 cm³/mol. The van der Waals surface area contributed by atoms with Crippen molar-refractivity contribution >= 4 is 21.9 Å². The van der Waals surface area contributed by atoms with Gasteiger partial charge < -0.3 is 14.8 Å². The molecule has 1 aromatic rings. The Hall–Kier alpha value is -0.910. The first-order chi connectivity index (χ1) is 9.54. The third-order valence-electron chi connectivity index (χ3n) is 2.66. The second kappa shape index (κ2) is 9.10. The van der Waals surface area contributed by atoms with Crippen LogP contribution in [0.4, 0.5) is 0 Å². The van der Waals surface area contributed by atoms with Crippen LogP contribution in [0.1, 0.15) is 29.8 Å². The molecule has 0 aliphatic carbocycles. The zero-order chi connectivity index (χ0) is 15.0. The number of methoxy groups -OCH3 is 1. The molecule has 1 N–H and O–H groups in total. The van der Waals surface area contributed by atoms with E-state index in [1.165, 1.54) is 7.11 Å². The second-order valence-corrected chi connectivity index (χ2v) is 5.80. The highest BCUT2D eigenvalue weighted by Crippen LogP contribution is 2.19. The van der Waals surface area contributed by atoms with E-state index in [0.717, 1.165) is 29.7 Å². The second-order valence-electron chi connectivity index (χ2n) is 4.94. The molecular formula is C15H22BrNO3. The Bertz CT molecular complexity index is 435. The zero-order valence-electron chi connectivity index (χ0n) is 12.2. The molecular weight excluding hydrogens is 322 g/mol. The number of nitrogens with one attached hydrogen (secondary N) is 1. The van der Waals surface area contributed by atoms with Crippen LogP contribution in [0.15, 0.2) is 22.7 Å². The number of benzene rings is 1. The molecule has 0 fully saturated rings. The van der Waals surface area contributed by atoms with Crippen molar-refractivity contribution in [1.29, 1.82) is 0 Å². The fourth-order valence-corrected chi connectivity index (χ4v) is 2.14. The molecule has 0 aromatic heterocycles. The molecule has 0 unspecified atom stereocenters. The summed E-state index contributed by atoms with van der Waals surface area (Å²) in [4.78, 5) is 11.4. The lowest BCUT2D eigenvalue weighted by Gasteiger charge is -2.09. The maximum atomic E-state index is 11.4. The van der Waals surface area contributed by atoms with Crippen molar-refractivity contribution in [3.8, 4) is 0 Å². The molecule has 0 atom stereocenters. The van der Waals surface area contributed by atoms with Crippen LogP contribution >= 0.6 is 15.9 Å². The average molecular weight is 344 g/mol. The molecule has 0 aliphatic heterocycles. The maximum Gasteiger partial charge on any atom is 0.337 e. The number of carbonyl (C=O) groups is 1. The number of hydrogen-bond donors (Lipinski definition) is 1. The van der Waals surface area contributed by atoms with Crippen LogP contribution in [0.25, 0.3) is 0 Å². The van der Waals surface area contributed by atoms with E-state index in [4.69, 9.17) is 4.74 Å². The summed E-state index contributed by atoms with van der Waals surface area (Å²) in [5.41, 5.74) is 1.64. The van der Waals surface area contributed by atoms with Gasteiger partial charge >= 0.3 is 5.97 Å². The molecule has 0 heterocycles. The Balaban J connectivity index is 2.36. The summed E-state index contributed by atoms with van der Waals surface area (Å²) in [6.45, 7) is 7.29. The van der Waals surface area contributed by atoms with Gasteiger partial charge in [-0.1, -0.05) is 35.8 Å². The van der Waals surface area contributed by atoms with E-state index in [1.54, 1.807) is 12.1 Å². The van der Waals surface area contributed by atoms with Crippen LogP contribution < -0.4 is 5.32 Å². The normalized spacial score (nSPS) is 10.8. The fourth-order valence-electron chi connectivity index (χ4n) is 1.62. The van der Waals surface area contributed by atoms with Crippen molar-refractivity contribution in [3.05, 3.63) is 33.8 Å². The Labute approximate surface area is 129 Å². The minimum absolute atomic E-state index is 0.327. The van der Waals surface area contributed by atoms with Crippen molar-refractivity contribution in [2.24, 2.45) is 5.92 Å². The molecule has 112 valence electrons. The highest BCUT2D eigenvalue weighted by atomic mass is 79.9. The highest BCUT2D eigenvalue weighted by molar-refractivity contribution is 9.10. The SMILES string of the molecule is COC(=O)c1ccc(CNCCOCC(C)C)c(Br)c1. The molecule has 0 radical (unpaired) electrons. The smallest absolute Gasteiger partial charge is 0.337 e. The van der Waals surface area contributed by atoms with Crippen molar-refractivity contribution < 1.29 is 14.3 Å². The Kier molecular flexibility index (Phi) is 7.80. The summed E-state index contributed by atoms with van der Waals surface area (Å²) in [5.74, 6) is 0.238. The Morgan fingerprint density at radius 3 is 2.75 bits per heavy atom. The number of esters is 1. The lowest BCUT2D eigenvalue weighted by Crippen LogP contribution is -2.20. The number of carbonyl (C=O) groups excluding carboxylic acids is 1. The van der Waals surface area contributed by atoms with E-state index in [9.17, 15) is 4.79 Å². The summed E-state index contributed by atoms with van der Waals surface area (Å²) >= 11 is 3.47. The van der Waals surface area contributed by atoms with Crippen LogP contribution in [0.2, 0.25) is 0 Å². The average Bonchev–Trinajstić information content (AvgIpc) is 2.42. The Morgan fingerprint density at radius 2 is 2.15 bits per heavy atom. The molecule has 1 aromatic carbocycles. The maximum absolute atomic E-state index is 11.4. The van der Waals surface area contributed by atoms with Gasteiger partial charge in [0.1, 0.15) is 0 Å². The predicted octanol–water partition coefficient (Wildman–Crippen LogP) is 3.00.